The van der Waals surface area contributed by atoms with Crippen LogP contribution in [0.5, 0.6) is 5.88 Å². The van der Waals surface area contributed by atoms with Crippen LogP contribution in [0, 0.1) is 0 Å². The van der Waals surface area contributed by atoms with Crippen molar-refractivity contribution in [1.29, 1.82) is 0 Å². The van der Waals surface area contributed by atoms with Gasteiger partial charge in [-0.25, -0.2) is 4.98 Å². The van der Waals surface area contributed by atoms with Gasteiger partial charge in [-0.2, -0.15) is 0 Å². The Morgan fingerprint density at radius 1 is 1.56 bits per heavy atom. The van der Waals surface area contributed by atoms with E-state index in [4.69, 9.17) is 15.2 Å². The standard InChI is InChI=1S/C11H12N2O3/c1-7(11(12)14)8-2-3-10(13-4-8)16-9-5-15-6-9/h2-4,9H,1,5-6H2,(H2,12,14). The van der Waals surface area contributed by atoms with Gasteiger partial charge in [-0.05, 0) is 6.07 Å². The molecule has 0 aromatic carbocycles. The van der Waals surface area contributed by atoms with Crippen LogP contribution in [0.1, 0.15) is 5.56 Å². The lowest BCUT2D eigenvalue weighted by Crippen LogP contribution is -2.38. The van der Waals surface area contributed by atoms with E-state index in [1.807, 2.05) is 0 Å². The Balaban J connectivity index is 2.03. The van der Waals surface area contributed by atoms with Gasteiger partial charge in [0.2, 0.25) is 11.8 Å². The Bertz CT molecular complexity index is 410. The quantitative estimate of drug-likeness (QED) is 0.743. The molecule has 16 heavy (non-hydrogen) atoms. The van der Waals surface area contributed by atoms with Crippen molar-refractivity contribution in [3.63, 3.8) is 0 Å². The maximum absolute atomic E-state index is 10.9. The van der Waals surface area contributed by atoms with E-state index >= 15 is 0 Å². The fourth-order valence-electron chi connectivity index (χ4n) is 1.22. The van der Waals surface area contributed by atoms with E-state index in [0.717, 1.165) is 0 Å². The Labute approximate surface area is 92.9 Å². The van der Waals surface area contributed by atoms with Crippen LogP contribution in [0.2, 0.25) is 0 Å². The number of carbonyl (C=O) groups excluding carboxylic acids is 1. The Morgan fingerprint density at radius 3 is 2.75 bits per heavy atom. The molecule has 2 heterocycles. The summed E-state index contributed by atoms with van der Waals surface area (Å²) in [7, 11) is 0. The van der Waals surface area contributed by atoms with Crippen molar-refractivity contribution in [2.45, 2.75) is 6.10 Å². The Hall–Kier alpha value is -1.88. The summed E-state index contributed by atoms with van der Waals surface area (Å²) in [5, 5.41) is 0. The summed E-state index contributed by atoms with van der Waals surface area (Å²) in [6.07, 6.45) is 1.60. The zero-order valence-electron chi connectivity index (χ0n) is 8.68. The second-order valence-electron chi connectivity index (χ2n) is 3.51. The van der Waals surface area contributed by atoms with Gasteiger partial charge in [0.1, 0.15) is 6.10 Å². The minimum absolute atomic E-state index is 0.0812. The van der Waals surface area contributed by atoms with Crippen molar-refractivity contribution >= 4 is 11.5 Å². The minimum Gasteiger partial charge on any atom is -0.469 e. The smallest absolute Gasteiger partial charge is 0.248 e. The SMILES string of the molecule is C=C(C(N)=O)c1ccc(OC2COC2)nc1. The molecule has 2 N–H and O–H groups in total. The molecule has 2 rings (SSSR count). The summed E-state index contributed by atoms with van der Waals surface area (Å²) < 4.78 is 10.4. The van der Waals surface area contributed by atoms with E-state index in [1.165, 1.54) is 6.20 Å². The third kappa shape index (κ3) is 2.20. The molecule has 1 aliphatic heterocycles. The van der Waals surface area contributed by atoms with Crippen LogP contribution in [0.4, 0.5) is 0 Å². The second-order valence-corrected chi connectivity index (χ2v) is 3.51. The minimum atomic E-state index is -0.553. The van der Waals surface area contributed by atoms with Gasteiger partial charge in [0, 0.05) is 23.4 Å². The summed E-state index contributed by atoms with van der Waals surface area (Å²) in [4.78, 5) is 14.9. The van der Waals surface area contributed by atoms with E-state index in [0.29, 0.717) is 24.7 Å². The first-order valence-electron chi connectivity index (χ1n) is 4.86. The van der Waals surface area contributed by atoms with Gasteiger partial charge in [-0.1, -0.05) is 6.58 Å². The van der Waals surface area contributed by atoms with Crippen molar-refractivity contribution in [1.82, 2.24) is 4.98 Å². The number of pyridine rings is 1. The third-order valence-corrected chi connectivity index (χ3v) is 2.28. The summed E-state index contributed by atoms with van der Waals surface area (Å²) in [5.41, 5.74) is 5.95. The molecule has 1 aromatic rings. The molecule has 0 bridgehead atoms. The van der Waals surface area contributed by atoms with E-state index in [1.54, 1.807) is 12.1 Å². The molecule has 1 amide bonds. The second kappa shape index (κ2) is 4.32. The average molecular weight is 220 g/mol. The molecule has 0 radical (unpaired) electrons. The first-order chi connectivity index (χ1) is 7.66. The van der Waals surface area contributed by atoms with Gasteiger partial charge in [0.15, 0.2) is 0 Å². The van der Waals surface area contributed by atoms with Crippen molar-refractivity contribution in [3.05, 3.63) is 30.5 Å². The number of amides is 1. The highest BCUT2D eigenvalue weighted by molar-refractivity contribution is 6.17. The molecule has 5 heteroatoms. The van der Waals surface area contributed by atoms with Crippen molar-refractivity contribution in [3.8, 4) is 5.88 Å². The van der Waals surface area contributed by atoms with Crippen LogP contribution in [-0.2, 0) is 9.53 Å². The average Bonchev–Trinajstić information content (AvgIpc) is 2.23. The number of aromatic nitrogens is 1. The van der Waals surface area contributed by atoms with Gasteiger partial charge in [-0.15, -0.1) is 0 Å². The summed E-state index contributed by atoms with van der Waals surface area (Å²) in [6.45, 7) is 4.76. The van der Waals surface area contributed by atoms with Gasteiger partial charge in [0.05, 0.1) is 13.2 Å². The lowest BCUT2D eigenvalue weighted by atomic mass is 10.1. The first-order valence-corrected chi connectivity index (χ1v) is 4.86. The molecule has 1 saturated heterocycles. The van der Waals surface area contributed by atoms with E-state index in [-0.39, 0.29) is 11.7 Å². The number of carbonyl (C=O) groups is 1. The van der Waals surface area contributed by atoms with E-state index < -0.39 is 5.91 Å². The van der Waals surface area contributed by atoms with E-state index in [9.17, 15) is 4.79 Å². The van der Waals surface area contributed by atoms with Crippen LogP contribution < -0.4 is 10.5 Å². The zero-order valence-corrected chi connectivity index (χ0v) is 8.68. The lowest BCUT2D eigenvalue weighted by Gasteiger charge is -2.26. The number of nitrogens with two attached hydrogens (primary N) is 1. The molecule has 0 aliphatic carbocycles. The summed E-state index contributed by atoms with van der Waals surface area (Å²) >= 11 is 0. The van der Waals surface area contributed by atoms with Crippen LogP contribution in [0.15, 0.2) is 24.9 Å². The molecule has 84 valence electrons. The predicted octanol–water partition coefficient (Wildman–Crippen LogP) is 0.358. The van der Waals surface area contributed by atoms with E-state index in [2.05, 4.69) is 11.6 Å². The molecule has 0 unspecified atom stereocenters. The summed E-state index contributed by atoms with van der Waals surface area (Å²) in [5.74, 6) is -0.0443. The highest BCUT2D eigenvalue weighted by atomic mass is 16.6. The number of hydrogen-bond acceptors (Lipinski definition) is 4. The molecule has 0 atom stereocenters. The molecule has 1 fully saturated rings. The predicted molar refractivity (Wildman–Crippen MR) is 57.7 cm³/mol. The molecule has 1 aliphatic rings. The molecule has 0 spiro atoms. The molecular weight excluding hydrogens is 208 g/mol. The van der Waals surface area contributed by atoms with Crippen molar-refractivity contribution in [2.24, 2.45) is 5.73 Å². The number of primary amides is 1. The maximum atomic E-state index is 10.9. The molecule has 1 aromatic heterocycles. The monoisotopic (exact) mass is 220 g/mol. The fourth-order valence-corrected chi connectivity index (χ4v) is 1.22. The number of ether oxygens (including phenoxy) is 2. The van der Waals surface area contributed by atoms with Crippen LogP contribution in [-0.4, -0.2) is 30.2 Å². The highest BCUT2D eigenvalue weighted by Crippen LogP contribution is 2.16. The van der Waals surface area contributed by atoms with Gasteiger partial charge in [0.25, 0.3) is 0 Å². The van der Waals surface area contributed by atoms with Gasteiger partial charge >= 0.3 is 0 Å². The molecular formula is C11H12N2O3. The van der Waals surface area contributed by atoms with Crippen LogP contribution in [0.25, 0.3) is 5.57 Å². The number of hydrogen-bond donors (Lipinski definition) is 1. The Morgan fingerprint density at radius 2 is 2.31 bits per heavy atom. The van der Waals surface area contributed by atoms with Crippen LogP contribution in [0.3, 0.4) is 0 Å². The number of nitrogens with zero attached hydrogens (tertiary/aromatic N) is 1. The topological polar surface area (TPSA) is 74.4 Å². The third-order valence-electron chi connectivity index (χ3n) is 2.28. The fraction of sp³-hybridized carbons (Fsp3) is 0.273. The number of rotatable bonds is 4. The largest absolute Gasteiger partial charge is 0.469 e. The highest BCUT2D eigenvalue weighted by Gasteiger charge is 2.20. The van der Waals surface area contributed by atoms with Crippen LogP contribution >= 0.6 is 0 Å². The van der Waals surface area contributed by atoms with Gasteiger partial charge < -0.3 is 15.2 Å². The van der Waals surface area contributed by atoms with Gasteiger partial charge in [-0.3, -0.25) is 4.79 Å². The van der Waals surface area contributed by atoms with Crippen molar-refractivity contribution in [2.75, 3.05) is 13.2 Å². The Kier molecular flexibility index (Phi) is 2.87. The van der Waals surface area contributed by atoms with Crippen molar-refractivity contribution < 1.29 is 14.3 Å². The maximum Gasteiger partial charge on any atom is 0.248 e. The molecule has 0 saturated carbocycles. The first kappa shape index (κ1) is 10.6. The molecule has 5 nitrogen and oxygen atoms in total. The lowest BCUT2D eigenvalue weighted by molar-refractivity contribution is -0.112. The zero-order chi connectivity index (χ0) is 11.5. The normalized spacial score (nSPS) is 15.2. The summed E-state index contributed by atoms with van der Waals surface area (Å²) in [6, 6.07) is 3.39.